The van der Waals surface area contributed by atoms with Gasteiger partial charge in [-0.3, -0.25) is 0 Å². The van der Waals surface area contributed by atoms with E-state index in [0.717, 1.165) is 27.6 Å². The van der Waals surface area contributed by atoms with E-state index in [1.165, 1.54) is 0 Å². The van der Waals surface area contributed by atoms with Crippen molar-refractivity contribution in [3.8, 4) is 0 Å². The molecule has 1 heterocycles. The first kappa shape index (κ1) is 17.7. The van der Waals surface area contributed by atoms with Crippen LogP contribution in [0.3, 0.4) is 0 Å². The topological polar surface area (TPSA) is 71.3 Å². The van der Waals surface area contributed by atoms with Gasteiger partial charge in [0, 0.05) is 36.3 Å². The average Bonchev–Trinajstić information content (AvgIpc) is 2.90. The highest BCUT2D eigenvalue weighted by Gasteiger charge is 2.18. The van der Waals surface area contributed by atoms with Gasteiger partial charge >= 0.3 is 0 Å². The first-order valence-corrected chi connectivity index (χ1v) is 9.76. The number of aliphatic hydroxyl groups is 1. The molecule has 0 aliphatic heterocycles. The van der Waals surface area contributed by atoms with Crippen LogP contribution in [0.25, 0.3) is 10.9 Å². The summed E-state index contributed by atoms with van der Waals surface area (Å²) in [5, 5.41) is 11.4. The van der Waals surface area contributed by atoms with E-state index in [0.29, 0.717) is 0 Å². The number of hydrogen-bond acceptors (Lipinski definition) is 3. The van der Waals surface area contributed by atoms with E-state index in [1.54, 1.807) is 6.07 Å². The molecule has 6 heteroatoms. The second-order valence-corrected chi connectivity index (χ2v) is 8.13. The molecular formula is C19H22N2O3S. The first-order chi connectivity index (χ1) is 11.9. The molecule has 0 radical (unpaired) electrons. The second kappa shape index (κ2) is 7.00. The number of hydrogen-bond donors (Lipinski definition) is 2. The molecule has 0 saturated heterocycles. The lowest BCUT2D eigenvalue weighted by Gasteiger charge is -2.12. The third-order valence-corrected chi connectivity index (χ3v) is 5.54. The molecule has 1 atom stereocenters. The van der Waals surface area contributed by atoms with Gasteiger partial charge in [0.1, 0.15) is 0 Å². The number of nitrogens with zero attached hydrogens (tertiary/aromatic N) is 1. The summed E-state index contributed by atoms with van der Waals surface area (Å²) < 4.78 is 29.0. The van der Waals surface area contributed by atoms with E-state index in [9.17, 15) is 13.5 Å². The number of rotatable bonds is 6. The zero-order valence-corrected chi connectivity index (χ0v) is 15.1. The highest BCUT2D eigenvalue weighted by atomic mass is 32.2. The summed E-state index contributed by atoms with van der Waals surface area (Å²) >= 11 is 0. The Morgan fingerprint density at radius 1 is 1.16 bits per heavy atom. The molecule has 2 N–H and O–H groups in total. The Bertz CT molecular complexity index is 993. The number of benzene rings is 2. The Balaban J connectivity index is 1.71. The predicted molar refractivity (Wildman–Crippen MR) is 99.7 cm³/mol. The smallest absolute Gasteiger partial charge is 0.215 e. The Labute approximate surface area is 148 Å². The number of aromatic nitrogens is 1. The highest BCUT2D eigenvalue weighted by molar-refractivity contribution is 7.88. The normalized spacial score (nSPS) is 13.2. The van der Waals surface area contributed by atoms with Gasteiger partial charge in [-0.1, -0.05) is 48.0 Å². The van der Waals surface area contributed by atoms with Gasteiger partial charge in [-0.25, -0.2) is 13.1 Å². The van der Waals surface area contributed by atoms with Crippen LogP contribution in [-0.4, -0.2) is 24.6 Å². The third-order valence-electron chi connectivity index (χ3n) is 4.22. The van der Waals surface area contributed by atoms with Gasteiger partial charge in [0.15, 0.2) is 0 Å². The molecule has 1 unspecified atom stereocenters. The van der Waals surface area contributed by atoms with E-state index in [4.69, 9.17) is 0 Å². The first-order valence-electron chi connectivity index (χ1n) is 8.10. The van der Waals surface area contributed by atoms with Crippen molar-refractivity contribution in [1.82, 2.24) is 9.29 Å². The molecule has 3 aromatic rings. The molecular weight excluding hydrogens is 336 g/mol. The average molecular weight is 358 g/mol. The van der Waals surface area contributed by atoms with Crippen molar-refractivity contribution in [3.05, 3.63) is 71.4 Å². The number of sulfonamides is 1. The zero-order valence-electron chi connectivity index (χ0n) is 14.3. The van der Waals surface area contributed by atoms with Crippen LogP contribution >= 0.6 is 0 Å². The van der Waals surface area contributed by atoms with Crippen molar-refractivity contribution >= 4 is 20.9 Å². The van der Waals surface area contributed by atoms with Crippen molar-refractivity contribution in [2.75, 3.05) is 6.54 Å². The maximum absolute atomic E-state index is 12.3. The van der Waals surface area contributed by atoms with Gasteiger partial charge < -0.3 is 9.67 Å². The van der Waals surface area contributed by atoms with Crippen LogP contribution in [0.15, 0.2) is 54.7 Å². The van der Waals surface area contributed by atoms with Crippen LogP contribution in [0.2, 0.25) is 0 Å². The second-order valence-electron chi connectivity index (χ2n) is 6.32. The molecule has 0 saturated carbocycles. The third kappa shape index (κ3) is 4.10. The predicted octanol–water partition coefficient (Wildman–Crippen LogP) is 2.64. The van der Waals surface area contributed by atoms with E-state index in [-0.39, 0.29) is 12.3 Å². The summed E-state index contributed by atoms with van der Waals surface area (Å²) in [6, 6.07) is 15.1. The quantitative estimate of drug-likeness (QED) is 0.712. The highest BCUT2D eigenvalue weighted by Crippen LogP contribution is 2.25. The van der Waals surface area contributed by atoms with Gasteiger partial charge in [-0.05, 0) is 18.6 Å². The van der Waals surface area contributed by atoms with Crippen LogP contribution in [-0.2, 0) is 22.8 Å². The maximum atomic E-state index is 12.3. The number of para-hydroxylation sites is 1. The maximum Gasteiger partial charge on any atom is 0.215 e. The van der Waals surface area contributed by atoms with Crippen LogP contribution in [0.4, 0.5) is 0 Å². The molecule has 132 valence electrons. The molecule has 5 nitrogen and oxygen atoms in total. The van der Waals surface area contributed by atoms with Crippen molar-refractivity contribution in [3.63, 3.8) is 0 Å². The lowest BCUT2D eigenvalue weighted by molar-refractivity contribution is 0.183. The van der Waals surface area contributed by atoms with Gasteiger partial charge in [0.05, 0.1) is 11.9 Å². The molecule has 0 fully saturated rings. The van der Waals surface area contributed by atoms with Crippen LogP contribution in [0.5, 0.6) is 0 Å². The van der Waals surface area contributed by atoms with E-state index in [1.807, 2.05) is 67.2 Å². The Morgan fingerprint density at radius 2 is 1.92 bits per heavy atom. The number of aryl methyl sites for hydroxylation is 2. The molecule has 0 spiro atoms. The minimum Gasteiger partial charge on any atom is -0.387 e. The Morgan fingerprint density at radius 3 is 2.68 bits per heavy atom. The fourth-order valence-corrected chi connectivity index (χ4v) is 4.16. The molecule has 2 aromatic carbocycles. The Hall–Kier alpha value is -2.15. The molecule has 0 aliphatic carbocycles. The van der Waals surface area contributed by atoms with Crippen molar-refractivity contribution in [2.24, 2.45) is 7.05 Å². The molecule has 0 bridgehead atoms. The summed E-state index contributed by atoms with van der Waals surface area (Å²) in [7, 11) is -1.61. The van der Waals surface area contributed by atoms with Gasteiger partial charge in [-0.2, -0.15) is 0 Å². The summed E-state index contributed by atoms with van der Waals surface area (Å²) in [6.45, 7) is 1.87. The van der Waals surface area contributed by atoms with E-state index in [2.05, 4.69) is 4.72 Å². The van der Waals surface area contributed by atoms with Crippen LogP contribution in [0.1, 0.15) is 22.8 Å². The largest absolute Gasteiger partial charge is 0.387 e. The molecule has 3 rings (SSSR count). The van der Waals surface area contributed by atoms with Crippen molar-refractivity contribution in [2.45, 2.75) is 18.8 Å². The van der Waals surface area contributed by atoms with Gasteiger partial charge in [0.2, 0.25) is 10.0 Å². The molecule has 1 aromatic heterocycles. The van der Waals surface area contributed by atoms with Crippen LogP contribution < -0.4 is 4.72 Å². The summed E-state index contributed by atoms with van der Waals surface area (Å²) in [5.41, 5.74) is 3.46. The van der Waals surface area contributed by atoms with Gasteiger partial charge in [-0.15, -0.1) is 0 Å². The fraction of sp³-hybridized carbons (Fsp3) is 0.263. The minimum atomic E-state index is -3.52. The summed E-state index contributed by atoms with van der Waals surface area (Å²) in [5.74, 6) is -0.100. The minimum absolute atomic E-state index is 0.0534. The number of nitrogens with one attached hydrogen (secondary N) is 1. The van der Waals surface area contributed by atoms with E-state index >= 15 is 0 Å². The van der Waals surface area contributed by atoms with Crippen molar-refractivity contribution in [1.29, 1.82) is 0 Å². The summed E-state index contributed by atoms with van der Waals surface area (Å²) in [6.07, 6.45) is 0.933. The lowest BCUT2D eigenvalue weighted by Crippen LogP contribution is -2.29. The lowest BCUT2D eigenvalue weighted by atomic mass is 10.1. The fourth-order valence-electron chi connectivity index (χ4n) is 3.03. The van der Waals surface area contributed by atoms with Gasteiger partial charge in [0.25, 0.3) is 0 Å². The van der Waals surface area contributed by atoms with E-state index < -0.39 is 16.1 Å². The Kier molecular flexibility index (Phi) is 4.94. The van der Waals surface area contributed by atoms with Crippen molar-refractivity contribution < 1.29 is 13.5 Å². The SMILES string of the molecule is Cc1cccc(CS(=O)(=O)NCC(O)c2cn(C)c3ccccc23)c1. The monoisotopic (exact) mass is 358 g/mol. The van der Waals surface area contributed by atoms with Crippen LogP contribution in [0, 0.1) is 6.92 Å². The molecule has 0 amide bonds. The molecule has 0 aliphatic rings. The standard InChI is InChI=1S/C19H22N2O3S/c1-14-6-5-7-15(10-14)13-25(23,24)20-11-19(22)17-12-21(2)18-9-4-3-8-16(17)18/h3-10,12,19-20,22H,11,13H2,1-2H3. The summed E-state index contributed by atoms with van der Waals surface area (Å²) in [4.78, 5) is 0. The molecule has 25 heavy (non-hydrogen) atoms. The number of aliphatic hydroxyl groups excluding tert-OH is 1. The zero-order chi connectivity index (χ0) is 18.0. The number of fused-ring (bicyclic) bond motifs is 1.